The summed E-state index contributed by atoms with van der Waals surface area (Å²) in [5.41, 5.74) is 3.09. The summed E-state index contributed by atoms with van der Waals surface area (Å²) in [6.45, 7) is 3.72. The van der Waals surface area contributed by atoms with Crippen molar-refractivity contribution >= 4 is 6.03 Å². The minimum atomic E-state index is -0.286. The Morgan fingerprint density at radius 3 is 2.60 bits per heavy atom. The van der Waals surface area contributed by atoms with Gasteiger partial charge in [-0.15, -0.1) is 0 Å². The molecule has 0 bridgehead atoms. The molecule has 25 heavy (non-hydrogen) atoms. The van der Waals surface area contributed by atoms with Crippen molar-refractivity contribution in [2.45, 2.75) is 31.8 Å². The zero-order valence-corrected chi connectivity index (χ0v) is 14.3. The molecule has 2 aliphatic rings. The van der Waals surface area contributed by atoms with Gasteiger partial charge in [-0.05, 0) is 48.6 Å². The lowest BCUT2D eigenvalue weighted by molar-refractivity contribution is 0.171. The van der Waals surface area contributed by atoms with Gasteiger partial charge in [0.2, 0.25) is 0 Å². The molecule has 1 aliphatic carbocycles. The largest absolute Gasteiger partial charge is 0.486 e. The van der Waals surface area contributed by atoms with E-state index >= 15 is 0 Å². The predicted octanol–water partition coefficient (Wildman–Crippen LogP) is 3.25. The first-order valence-electron chi connectivity index (χ1n) is 8.67. The number of carbonyl (C=O) groups excluding carboxylic acids is 1. The van der Waals surface area contributed by atoms with Crippen LogP contribution in [0, 0.1) is 6.92 Å². The Morgan fingerprint density at radius 1 is 1.08 bits per heavy atom. The van der Waals surface area contributed by atoms with Gasteiger partial charge in [0.25, 0.3) is 0 Å². The molecule has 2 aromatic rings. The number of amides is 2. The Labute approximate surface area is 147 Å². The van der Waals surface area contributed by atoms with Gasteiger partial charge in [-0.2, -0.15) is 0 Å². The molecule has 130 valence electrons. The summed E-state index contributed by atoms with van der Waals surface area (Å²) in [6.07, 6.45) is 1.87. The fourth-order valence-electron chi connectivity index (χ4n) is 3.20. The van der Waals surface area contributed by atoms with Crippen molar-refractivity contribution < 1.29 is 14.3 Å². The van der Waals surface area contributed by atoms with Gasteiger partial charge in [-0.25, -0.2) is 4.79 Å². The number of fused-ring (bicyclic) bond motifs is 1. The fourth-order valence-corrected chi connectivity index (χ4v) is 3.20. The maximum absolute atomic E-state index is 12.4. The minimum absolute atomic E-state index is 0.143. The molecule has 4 rings (SSSR count). The second-order valence-corrected chi connectivity index (χ2v) is 6.67. The van der Waals surface area contributed by atoms with Crippen LogP contribution >= 0.6 is 0 Å². The second-order valence-electron chi connectivity index (χ2n) is 6.67. The molecule has 0 saturated heterocycles. The number of urea groups is 1. The third-order valence-corrected chi connectivity index (χ3v) is 4.90. The van der Waals surface area contributed by atoms with E-state index in [-0.39, 0.29) is 11.6 Å². The van der Waals surface area contributed by atoms with Crippen LogP contribution < -0.4 is 20.1 Å². The highest BCUT2D eigenvalue weighted by Crippen LogP contribution is 2.47. The zero-order chi connectivity index (χ0) is 17.3. The van der Waals surface area contributed by atoms with Crippen LogP contribution in [-0.4, -0.2) is 19.2 Å². The molecule has 1 saturated carbocycles. The van der Waals surface area contributed by atoms with Crippen LogP contribution in [0.1, 0.15) is 29.5 Å². The number of aryl methyl sites for hydroxylation is 1. The third-order valence-electron chi connectivity index (χ3n) is 4.90. The molecule has 0 radical (unpaired) electrons. The lowest BCUT2D eigenvalue weighted by Gasteiger charge is -2.23. The number of benzene rings is 2. The summed E-state index contributed by atoms with van der Waals surface area (Å²) < 4.78 is 11.2. The van der Waals surface area contributed by atoms with Crippen LogP contribution in [0.15, 0.2) is 42.5 Å². The first-order chi connectivity index (χ1) is 12.2. The van der Waals surface area contributed by atoms with Crippen molar-refractivity contribution in [3.8, 4) is 11.5 Å². The van der Waals surface area contributed by atoms with E-state index in [1.807, 2.05) is 49.4 Å². The van der Waals surface area contributed by atoms with Crippen molar-refractivity contribution in [1.82, 2.24) is 10.6 Å². The van der Waals surface area contributed by atoms with Gasteiger partial charge in [0, 0.05) is 6.54 Å². The Bertz CT molecular complexity index is 799. The Balaban J connectivity index is 1.41. The van der Waals surface area contributed by atoms with Gasteiger partial charge in [0.15, 0.2) is 11.5 Å². The highest BCUT2D eigenvalue weighted by molar-refractivity contribution is 5.76. The summed E-state index contributed by atoms with van der Waals surface area (Å²) in [7, 11) is 0. The molecule has 1 aliphatic heterocycles. The van der Waals surface area contributed by atoms with Crippen molar-refractivity contribution in [1.29, 1.82) is 0 Å². The second kappa shape index (κ2) is 6.31. The smallest absolute Gasteiger partial charge is 0.315 e. The fraction of sp³-hybridized carbons (Fsp3) is 0.350. The summed E-state index contributed by atoms with van der Waals surface area (Å²) in [4.78, 5) is 12.4. The zero-order valence-electron chi connectivity index (χ0n) is 14.3. The highest BCUT2D eigenvalue weighted by Gasteiger charge is 2.46. The molecule has 2 amide bonds. The average Bonchev–Trinajstić information content (AvgIpc) is 3.41. The number of carbonyl (C=O) groups is 1. The lowest BCUT2D eigenvalue weighted by atomic mass is 10.0. The quantitative estimate of drug-likeness (QED) is 0.900. The monoisotopic (exact) mass is 338 g/mol. The summed E-state index contributed by atoms with van der Waals surface area (Å²) in [5, 5.41) is 6.10. The molecule has 0 aromatic heterocycles. The molecule has 5 heteroatoms. The SMILES string of the molecule is Cc1ccccc1CNC(=O)NC1(c2ccc3c(c2)OCCO3)CC1. The molecule has 0 atom stereocenters. The Kier molecular flexibility index (Phi) is 3.99. The lowest BCUT2D eigenvalue weighted by Crippen LogP contribution is -2.42. The van der Waals surface area contributed by atoms with Crippen molar-refractivity contribution in [2.75, 3.05) is 13.2 Å². The number of ether oxygens (including phenoxy) is 2. The van der Waals surface area contributed by atoms with Crippen LogP contribution in [0.3, 0.4) is 0 Å². The van der Waals surface area contributed by atoms with Crippen LogP contribution in [-0.2, 0) is 12.1 Å². The molecular formula is C20H22N2O3. The predicted molar refractivity (Wildman–Crippen MR) is 94.9 cm³/mol. The molecule has 1 fully saturated rings. The number of nitrogens with one attached hydrogen (secondary N) is 2. The minimum Gasteiger partial charge on any atom is -0.486 e. The maximum Gasteiger partial charge on any atom is 0.315 e. The standard InChI is InChI=1S/C20H22N2O3/c1-14-4-2-3-5-15(14)13-21-19(23)22-20(8-9-20)16-6-7-17-18(12-16)25-11-10-24-17/h2-7,12H,8-11,13H2,1H3,(H2,21,22,23). The average molecular weight is 338 g/mol. The van der Waals surface area contributed by atoms with E-state index in [1.165, 1.54) is 5.56 Å². The van der Waals surface area contributed by atoms with E-state index in [9.17, 15) is 4.79 Å². The van der Waals surface area contributed by atoms with Gasteiger partial charge >= 0.3 is 6.03 Å². The van der Waals surface area contributed by atoms with E-state index < -0.39 is 0 Å². The van der Waals surface area contributed by atoms with Crippen LogP contribution in [0.4, 0.5) is 4.79 Å². The first kappa shape index (κ1) is 15.8. The molecule has 5 nitrogen and oxygen atoms in total. The van der Waals surface area contributed by atoms with Crippen molar-refractivity contribution in [2.24, 2.45) is 0 Å². The molecule has 0 spiro atoms. The summed E-state index contributed by atoms with van der Waals surface area (Å²) in [6, 6.07) is 13.9. The molecular weight excluding hydrogens is 316 g/mol. The molecule has 1 heterocycles. The van der Waals surface area contributed by atoms with E-state index in [0.717, 1.165) is 35.5 Å². The Hall–Kier alpha value is -2.69. The topological polar surface area (TPSA) is 59.6 Å². The Morgan fingerprint density at radius 2 is 1.84 bits per heavy atom. The van der Waals surface area contributed by atoms with Crippen LogP contribution in [0.2, 0.25) is 0 Å². The third kappa shape index (κ3) is 3.27. The van der Waals surface area contributed by atoms with E-state index in [1.54, 1.807) is 0 Å². The number of rotatable bonds is 4. The van der Waals surface area contributed by atoms with Gasteiger partial charge in [0.05, 0.1) is 5.54 Å². The highest BCUT2D eigenvalue weighted by atomic mass is 16.6. The number of hydrogen-bond donors (Lipinski definition) is 2. The van der Waals surface area contributed by atoms with Gasteiger partial charge in [-0.3, -0.25) is 0 Å². The van der Waals surface area contributed by atoms with Crippen LogP contribution in [0.5, 0.6) is 11.5 Å². The van der Waals surface area contributed by atoms with Gasteiger partial charge in [-0.1, -0.05) is 30.3 Å². The van der Waals surface area contributed by atoms with Crippen molar-refractivity contribution in [3.05, 3.63) is 59.2 Å². The first-order valence-corrected chi connectivity index (χ1v) is 8.67. The van der Waals surface area contributed by atoms with Gasteiger partial charge < -0.3 is 20.1 Å². The van der Waals surface area contributed by atoms with Gasteiger partial charge in [0.1, 0.15) is 13.2 Å². The summed E-state index contributed by atoms with van der Waals surface area (Å²) >= 11 is 0. The van der Waals surface area contributed by atoms with Crippen LogP contribution in [0.25, 0.3) is 0 Å². The molecule has 0 unspecified atom stereocenters. The van der Waals surface area contributed by atoms with E-state index in [2.05, 4.69) is 10.6 Å². The normalized spacial score (nSPS) is 16.8. The van der Waals surface area contributed by atoms with E-state index in [0.29, 0.717) is 19.8 Å². The van der Waals surface area contributed by atoms with E-state index in [4.69, 9.17) is 9.47 Å². The molecule has 2 aromatic carbocycles. The summed E-state index contributed by atoms with van der Waals surface area (Å²) in [5.74, 6) is 1.53. The van der Waals surface area contributed by atoms with Crippen molar-refractivity contribution in [3.63, 3.8) is 0 Å². The molecule has 2 N–H and O–H groups in total. The number of hydrogen-bond acceptors (Lipinski definition) is 3. The maximum atomic E-state index is 12.4.